The number of benzene rings is 2. The fourth-order valence-corrected chi connectivity index (χ4v) is 1.78. The Morgan fingerprint density at radius 1 is 1.10 bits per heavy atom. The largest absolute Gasteiger partial charge is 0.494 e. The van der Waals surface area contributed by atoms with Crippen LogP contribution in [0.15, 0.2) is 42.5 Å². The monoisotopic (exact) mass is 287 g/mol. The van der Waals surface area contributed by atoms with Gasteiger partial charge in [-0.05, 0) is 49.4 Å². The molecule has 0 aromatic heterocycles. The Kier molecular flexibility index (Phi) is 4.66. The quantitative estimate of drug-likeness (QED) is 0.675. The van der Waals surface area contributed by atoms with E-state index < -0.39 is 5.97 Å². The number of carbonyl (C=O) groups is 1. The number of anilines is 1. The van der Waals surface area contributed by atoms with Crippen molar-refractivity contribution >= 4 is 11.7 Å². The number of carbonyl (C=O) groups excluding carboxylic acids is 1. The van der Waals surface area contributed by atoms with Gasteiger partial charge in [-0.1, -0.05) is 0 Å². The van der Waals surface area contributed by atoms with Crippen molar-refractivity contribution in [3.63, 3.8) is 0 Å². The van der Waals surface area contributed by atoms with Gasteiger partial charge in [-0.25, -0.2) is 4.79 Å². The summed E-state index contributed by atoms with van der Waals surface area (Å²) in [5, 5.41) is 0. The summed E-state index contributed by atoms with van der Waals surface area (Å²) in [5.74, 6) is 1.45. The summed E-state index contributed by atoms with van der Waals surface area (Å²) in [4.78, 5) is 11.4. The summed E-state index contributed by atoms with van der Waals surface area (Å²) >= 11 is 0. The first-order valence-corrected chi connectivity index (χ1v) is 6.52. The zero-order chi connectivity index (χ0) is 15.2. The molecule has 2 rings (SSSR count). The molecule has 0 fully saturated rings. The van der Waals surface area contributed by atoms with Gasteiger partial charge in [0, 0.05) is 0 Å². The van der Waals surface area contributed by atoms with E-state index in [9.17, 15) is 4.79 Å². The Morgan fingerprint density at radius 2 is 1.76 bits per heavy atom. The maximum atomic E-state index is 11.4. The zero-order valence-electron chi connectivity index (χ0n) is 12.0. The van der Waals surface area contributed by atoms with E-state index >= 15 is 0 Å². The molecule has 0 bridgehead atoms. The predicted molar refractivity (Wildman–Crippen MR) is 79.9 cm³/mol. The fraction of sp³-hybridized carbons (Fsp3) is 0.188. The Morgan fingerprint density at radius 3 is 2.33 bits per heavy atom. The Labute approximate surface area is 123 Å². The molecule has 0 atom stereocenters. The molecule has 2 N–H and O–H groups in total. The first-order chi connectivity index (χ1) is 10.1. The van der Waals surface area contributed by atoms with Crippen molar-refractivity contribution in [3.8, 4) is 17.2 Å². The van der Waals surface area contributed by atoms with Gasteiger partial charge in [-0.3, -0.25) is 0 Å². The van der Waals surface area contributed by atoms with Crippen LogP contribution in [0.5, 0.6) is 17.2 Å². The molecular weight excluding hydrogens is 270 g/mol. The normalized spacial score (nSPS) is 10.0. The maximum absolute atomic E-state index is 11.4. The molecule has 0 saturated heterocycles. The molecule has 21 heavy (non-hydrogen) atoms. The van der Waals surface area contributed by atoms with Crippen LogP contribution in [0.3, 0.4) is 0 Å². The lowest BCUT2D eigenvalue weighted by atomic mass is 10.2. The van der Waals surface area contributed by atoms with Gasteiger partial charge in [0.05, 0.1) is 25.0 Å². The van der Waals surface area contributed by atoms with Crippen molar-refractivity contribution in [1.82, 2.24) is 0 Å². The summed E-state index contributed by atoms with van der Waals surface area (Å²) in [6, 6.07) is 12.0. The number of hydrogen-bond acceptors (Lipinski definition) is 5. The molecule has 0 aliphatic rings. The summed E-state index contributed by atoms with van der Waals surface area (Å²) < 4.78 is 15.7. The van der Waals surface area contributed by atoms with Gasteiger partial charge < -0.3 is 19.9 Å². The van der Waals surface area contributed by atoms with Crippen LogP contribution in [0.4, 0.5) is 5.69 Å². The van der Waals surface area contributed by atoms with Crippen molar-refractivity contribution in [2.45, 2.75) is 6.92 Å². The van der Waals surface area contributed by atoms with Gasteiger partial charge in [-0.15, -0.1) is 0 Å². The molecule has 5 heteroatoms. The van der Waals surface area contributed by atoms with Crippen molar-refractivity contribution < 1.29 is 19.0 Å². The smallest absolute Gasteiger partial charge is 0.337 e. The highest BCUT2D eigenvalue weighted by Crippen LogP contribution is 2.29. The lowest BCUT2D eigenvalue weighted by Gasteiger charge is -2.10. The van der Waals surface area contributed by atoms with Gasteiger partial charge >= 0.3 is 5.97 Å². The third-order valence-corrected chi connectivity index (χ3v) is 2.79. The second-order valence-corrected chi connectivity index (χ2v) is 4.25. The molecule has 110 valence electrons. The van der Waals surface area contributed by atoms with Crippen LogP contribution in [-0.4, -0.2) is 19.7 Å². The molecular formula is C16H17NO4. The molecule has 0 amide bonds. The van der Waals surface area contributed by atoms with Crippen LogP contribution in [-0.2, 0) is 4.74 Å². The van der Waals surface area contributed by atoms with E-state index in [4.69, 9.17) is 15.2 Å². The molecule has 0 aliphatic carbocycles. The first-order valence-electron chi connectivity index (χ1n) is 6.52. The van der Waals surface area contributed by atoms with E-state index in [-0.39, 0.29) is 0 Å². The summed E-state index contributed by atoms with van der Waals surface area (Å²) in [6.07, 6.45) is 0. The Balaban J connectivity index is 2.14. The maximum Gasteiger partial charge on any atom is 0.337 e. The molecule has 2 aromatic rings. The van der Waals surface area contributed by atoms with Gasteiger partial charge in [-0.2, -0.15) is 0 Å². The molecule has 2 aromatic carbocycles. The van der Waals surface area contributed by atoms with E-state index in [0.717, 1.165) is 5.75 Å². The average molecular weight is 287 g/mol. The zero-order valence-corrected chi connectivity index (χ0v) is 12.0. The highest BCUT2D eigenvalue weighted by Gasteiger charge is 2.09. The van der Waals surface area contributed by atoms with E-state index in [1.54, 1.807) is 24.3 Å². The highest BCUT2D eigenvalue weighted by atomic mass is 16.5. The van der Waals surface area contributed by atoms with Crippen LogP contribution in [0, 0.1) is 0 Å². The van der Waals surface area contributed by atoms with E-state index in [1.165, 1.54) is 13.2 Å². The lowest BCUT2D eigenvalue weighted by molar-refractivity contribution is 0.0601. The number of rotatable bonds is 5. The second kappa shape index (κ2) is 6.65. The van der Waals surface area contributed by atoms with E-state index in [1.807, 2.05) is 19.1 Å². The molecule has 0 aliphatic heterocycles. The summed E-state index contributed by atoms with van der Waals surface area (Å²) in [6.45, 7) is 2.54. The Hall–Kier alpha value is -2.69. The minimum Gasteiger partial charge on any atom is -0.494 e. The van der Waals surface area contributed by atoms with Crippen molar-refractivity contribution in [3.05, 3.63) is 48.0 Å². The van der Waals surface area contributed by atoms with Gasteiger partial charge in [0.25, 0.3) is 0 Å². The number of methoxy groups -OCH3 is 1. The molecule has 5 nitrogen and oxygen atoms in total. The van der Waals surface area contributed by atoms with Gasteiger partial charge in [0.1, 0.15) is 17.2 Å². The minimum absolute atomic E-state index is 0.367. The third-order valence-electron chi connectivity index (χ3n) is 2.79. The third kappa shape index (κ3) is 3.66. The molecule has 0 heterocycles. The fourth-order valence-electron chi connectivity index (χ4n) is 1.78. The standard InChI is InChI=1S/C16H17NO4/c1-3-20-12-5-7-13(8-6-12)21-15-9-4-11(10-14(15)17)16(18)19-2/h4-10H,3,17H2,1-2H3. The van der Waals surface area contributed by atoms with Crippen molar-refractivity contribution in [2.75, 3.05) is 19.5 Å². The highest BCUT2D eigenvalue weighted by molar-refractivity contribution is 5.90. The number of esters is 1. The SMILES string of the molecule is CCOc1ccc(Oc2ccc(C(=O)OC)cc2N)cc1. The molecule has 0 spiro atoms. The number of nitrogen functional groups attached to an aromatic ring is 1. The molecule has 0 saturated carbocycles. The molecule has 0 radical (unpaired) electrons. The minimum atomic E-state index is -0.436. The van der Waals surface area contributed by atoms with E-state index in [2.05, 4.69) is 4.74 Å². The second-order valence-electron chi connectivity index (χ2n) is 4.25. The number of nitrogens with two attached hydrogens (primary N) is 1. The van der Waals surface area contributed by atoms with Gasteiger partial charge in [0.15, 0.2) is 0 Å². The number of hydrogen-bond donors (Lipinski definition) is 1. The van der Waals surface area contributed by atoms with Crippen molar-refractivity contribution in [2.24, 2.45) is 0 Å². The lowest BCUT2D eigenvalue weighted by Crippen LogP contribution is -2.02. The van der Waals surface area contributed by atoms with Gasteiger partial charge in [0.2, 0.25) is 0 Å². The Bertz CT molecular complexity index is 623. The predicted octanol–water partition coefficient (Wildman–Crippen LogP) is 3.25. The van der Waals surface area contributed by atoms with Crippen molar-refractivity contribution in [1.29, 1.82) is 0 Å². The average Bonchev–Trinajstić information content (AvgIpc) is 2.50. The summed E-state index contributed by atoms with van der Waals surface area (Å²) in [7, 11) is 1.32. The van der Waals surface area contributed by atoms with Crippen LogP contribution in [0.1, 0.15) is 17.3 Å². The van der Waals surface area contributed by atoms with Crippen LogP contribution in [0.25, 0.3) is 0 Å². The number of ether oxygens (including phenoxy) is 3. The topological polar surface area (TPSA) is 70.8 Å². The first kappa shape index (κ1) is 14.7. The van der Waals surface area contributed by atoms with Crippen LogP contribution in [0.2, 0.25) is 0 Å². The van der Waals surface area contributed by atoms with Crippen LogP contribution < -0.4 is 15.2 Å². The summed E-state index contributed by atoms with van der Waals surface area (Å²) in [5.41, 5.74) is 6.63. The van der Waals surface area contributed by atoms with Crippen LogP contribution >= 0.6 is 0 Å². The van der Waals surface area contributed by atoms with E-state index in [0.29, 0.717) is 29.4 Å². The molecule has 0 unspecified atom stereocenters.